The van der Waals surface area contributed by atoms with Gasteiger partial charge in [0, 0.05) is 96.2 Å². The number of amides is 4. The van der Waals surface area contributed by atoms with Crippen LogP contribution in [0.4, 0.5) is 34.1 Å². The number of hydrogen-bond donors (Lipinski definition) is 2. The zero-order chi connectivity index (χ0) is 43.3. The van der Waals surface area contributed by atoms with Gasteiger partial charge < -0.3 is 40.0 Å². The second kappa shape index (κ2) is 19.8. The first-order chi connectivity index (χ1) is 29.3. The number of nitrogens with two attached hydrogens (primary N) is 1. The second-order valence-corrected chi connectivity index (χ2v) is 16.7. The molecule has 334 valence electrons. The number of carbonyl (C=O) groups excluding carboxylic acids is 4. The molecule has 0 bridgehead atoms. The quantitative estimate of drug-likeness (QED) is 0.259. The van der Waals surface area contributed by atoms with E-state index in [1.54, 1.807) is 16.7 Å². The van der Waals surface area contributed by atoms with Gasteiger partial charge in [-0.05, 0) is 68.4 Å². The summed E-state index contributed by atoms with van der Waals surface area (Å²) in [5.41, 5.74) is 5.83. The Morgan fingerprint density at radius 1 is 0.885 bits per heavy atom. The maximum Gasteiger partial charge on any atom is 0.418 e. The number of fused-ring (bicyclic) bond motifs is 1. The molecule has 5 heterocycles. The predicted molar refractivity (Wildman–Crippen MR) is 221 cm³/mol. The summed E-state index contributed by atoms with van der Waals surface area (Å²) in [4.78, 5) is 65.8. The molecule has 0 aliphatic carbocycles. The molecule has 7 rings (SSSR count). The smallest absolute Gasteiger partial charge is 0.418 e. The molecule has 2 atom stereocenters. The van der Waals surface area contributed by atoms with Crippen LogP contribution in [0.5, 0.6) is 0 Å². The summed E-state index contributed by atoms with van der Waals surface area (Å²) < 4.78 is 58.8. The highest BCUT2D eigenvalue weighted by Gasteiger charge is 2.40. The molecule has 15 nitrogen and oxygen atoms in total. The summed E-state index contributed by atoms with van der Waals surface area (Å²) >= 11 is 6.17. The molecule has 4 fully saturated rings. The van der Waals surface area contributed by atoms with Crippen molar-refractivity contribution in [3.8, 4) is 0 Å². The van der Waals surface area contributed by atoms with Gasteiger partial charge in [-0.3, -0.25) is 19.5 Å². The van der Waals surface area contributed by atoms with Crippen LogP contribution in [-0.2, 0) is 42.8 Å². The van der Waals surface area contributed by atoms with Gasteiger partial charge in [0.25, 0.3) is 5.91 Å². The molecule has 3 N–H and O–H groups in total. The van der Waals surface area contributed by atoms with Crippen LogP contribution in [0.15, 0.2) is 36.4 Å². The Bertz CT molecular complexity index is 1880. The molecule has 0 aromatic heterocycles. The van der Waals surface area contributed by atoms with E-state index in [4.69, 9.17) is 31.5 Å². The fourth-order valence-electron chi connectivity index (χ4n) is 9.29. The maximum atomic E-state index is 14.3. The van der Waals surface area contributed by atoms with Crippen molar-refractivity contribution in [2.75, 3.05) is 103 Å². The third kappa shape index (κ3) is 10.6. The number of morpholine rings is 1. The van der Waals surface area contributed by atoms with Crippen molar-refractivity contribution in [2.45, 2.75) is 76.0 Å². The number of nitrogens with zero attached hydrogens (tertiary/aromatic N) is 6. The number of esters is 1. The molecule has 4 saturated heterocycles. The molecular formula is C42H56ClF3N8O7. The zero-order valence-electron chi connectivity index (χ0n) is 34.5. The van der Waals surface area contributed by atoms with Crippen molar-refractivity contribution in [1.82, 2.24) is 29.4 Å². The zero-order valence-corrected chi connectivity index (χ0v) is 35.3. The van der Waals surface area contributed by atoms with E-state index >= 15 is 0 Å². The van der Waals surface area contributed by atoms with E-state index in [2.05, 4.69) is 20.0 Å². The SMILES string of the molecule is CCOC(=O)C(N1CCOCC1)N1CCC(N2CCN(C(=O)C(Cc3cc(Cl)c(N)c(C(F)(F)F)c3)OC(=O)N3CCC(N4CCc5ccccc5NC4=O)CC3)CC2)CC1. The van der Waals surface area contributed by atoms with E-state index in [1.807, 2.05) is 24.3 Å². The van der Waals surface area contributed by atoms with E-state index in [1.165, 1.54) is 11.0 Å². The van der Waals surface area contributed by atoms with E-state index in [0.29, 0.717) is 98.0 Å². The lowest BCUT2D eigenvalue weighted by atomic mass is 10.0. The Labute approximate surface area is 359 Å². The highest BCUT2D eigenvalue weighted by molar-refractivity contribution is 6.33. The minimum atomic E-state index is -4.80. The summed E-state index contributed by atoms with van der Waals surface area (Å²) in [5.74, 6) is -0.762. The topological polar surface area (TPSA) is 153 Å². The predicted octanol–water partition coefficient (Wildman–Crippen LogP) is 4.37. The number of nitrogens with one attached hydrogen (secondary N) is 1. The number of urea groups is 1. The third-order valence-electron chi connectivity index (χ3n) is 12.6. The molecule has 4 amide bonds. The van der Waals surface area contributed by atoms with Crippen LogP contribution < -0.4 is 11.1 Å². The average molecular weight is 877 g/mol. The fraction of sp³-hybridized carbons (Fsp3) is 0.619. The largest absolute Gasteiger partial charge is 0.464 e. The number of carbonyl (C=O) groups is 4. The van der Waals surface area contributed by atoms with Gasteiger partial charge in [0.1, 0.15) is 0 Å². The van der Waals surface area contributed by atoms with Crippen LogP contribution in [0, 0.1) is 0 Å². The van der Waals surface area contributed by atoms with Gasteiger partial charge in [-0.25, -0.2) is 14.4 Å². The maximum absolute atomic E-state index is 14.3. The Hall–Kier alpha value is -4.36. The van der Waals surface area contributed by atoms with E-state index in [-0.39, 0.29) is 54.2 Å². The number of likely N-dealkylation sites (tertiary alicyclic amines) is 2. The van der Waals surface area contributed by atoms with Gasteiger partial charge in [0.05, 0.1) is 36.1 Å². The summed E-state index contributed by atoms with van der Waals surface area (Å²) in [7, 11) is 0. The summed E-state index contributed by atoms with van der Waals surface area (Å²) in [6, 6.07) is 9.69. The van der Waals surface area contributed by atoms with Crippen LogP contribution in [0.3, 0.4) is 0 Å². The molecule has 0 saturated carbocycles. The average Bonchev–Trinajstić information content (AvgIpc) is 3.43. The van der Waals surface area contributed by atoms with Crippen LogP contribution in [0.25, 0.3) is 0 Å². The molecule has 0 spiro atoms. The Morgan fingerprint density at radius 3 is 2.21 bits per heavy atom. The minimum Gasteiger partial charge on any atom is -0.464 e. The van der Waals surface area contributed by atoms with Gasteiger partial charge in [-0.2, -0.15) is 13.2 Å². The molecule has 5 aliphatic heterocycles. The summed E-state index contributed by atoms with van der Waals surface area (Å²) in [6.45, 7) is 8.74. The second-order valence-electron chi connectivity index (χ2n) is 16.3. The Morgan fingerprint density at radius 2 is 1.54 bits per heavy atom. The lowest BCUT2D eigenvalue weighted by molar-refractivity contribution is -0.162. The number of anilines is 2. The Kier molecular flexibility index (Phi) is 14.5. The van der Waals surface area contributed by atoms with Crippen LogP contribution in [0.2, 0.25) is 5.02 Å². The molecule has 61 heavy (non-hydrogen) atoms. The van der Waals surface area contributed by atoms with Crippen LogP contribution in [0.1, 0.15) is 49.3 Å². The van der Waals surface area contributed by atoms with Gasteiger partial charge >= 0.3 is 24.3 Å². The van der Waals surface area contributed by atoms with E-state index in [0.717, 1.165) is 30.2 Å². The van der Waals surface area contributed by atoms with Gasteiger partial charge in [-0.1, -0.05) is 29.8 Å². The standard InChI is InChI=1S/C42H56ClF3N8O7/c1-2-60-39(56)37(51-21-23-59-24-22-51)50-12-8-30(9-13-50)49-17-19-52(20-18-49)38(55)35(27-28-25-32(42(44,45)46)36(47)33(43)26-28)61-41(58)53-14-10-31(11-15-53)54-16-7-29-5-3-4-6-34(29)48-40(54)57/h3-6,25-26,30-31,35,37H,2,7-24,27,47H2,1H3,(H,48,57). The number of piperazine rings is 1. The van der Waals surface area contributed by atoms with Crippen molar-refractivity contribution < 1.29 is 46.6 Å². The molecule has 2 unspecified atom stereocenters. The van der Waals surface area contributed by atoms with Crippen LogP contribution >= 0.6 is 11.6 Å². The first-order valence-corrected chi connectivity index (χ1v) is 21.7. The van der Waals surface area contributed by atoms with Crippen molar-refractivity contribution in [1.29, 1.82) is 0 Å². The molecular weight excluding hydrogens is 821 g/mol. The molecule has 19 heteroatoms. The lowest BCUT2D eigenvalue weighted by Gasteiger charge is -2.46. The highest BCUT2D eigenvalue weighted by Crippen LogP contribution is 2.38. The minimum absolute atomic E-state index is 0.0492. The highest BCUT2D eigenvalue weighted by atomic mass is 35.5. The number of alkyl halides is 3. The van der Waals surface area contributed by atoms with Gasteiger partial charge in [0.2, 0.25) is 0 Å². The first kappa shape index (κ1) is 44.7. The number of rotatable bonds is 10. The van der Waals surface area contributed by atoms with E-state index < -0.39 is 41.7 Å². The van der Waals surface area contributed by atoms with Gasteiger partial charge in [0.15, 0.2) is 12.3 Å². The number of piperidine rings is 2. The van der Waals surface area contributed by atoms with Crippen molar-refractivity contribution in [3.05, 3.63) is 58.1 Å². The van der Waals surface area contributed by atoms with E-state index in [9.17, 15) is 32.3 Å². The first-order valence-electron chi connectivity index (χ1n) is 21.3. The molecule has 2 aromatic carbocycles. The number of benzene rings is 2. The molecule has 0 radical (unpaired) electrons. The fourth-order valence-corrected chi connectivity index (χ4v) is 9.53. The molecule has 2 aromatic rings. The summed E-state index contributed by atoms with van der Waals surface area (Å²) in [6.07, 6.45) is -4.51. The third-order valence-corrected chi connectivity index (χ3v) is 12.9. The monoisotopic (exact) mass is 876 g/mol. The number of para-hydroxylation sites is 1. The number of ether oxygens (including phenoxy) is 3. The van der Waals surface area contributed by atoms with Crippen molar-refractivity contribution >= 4 is 47.0 Å². The normalized spacial score (nSPS) is 21.6. The lowest BCUT2D eigenvalue weighted by Crippen LogP contribution is -2.61. The number of halogens is 4. The van der Waals surface area contributed by atoms with Gasteiger partial charge in [-0.15, -0.1) is 0 Å². The number of nitrogen functional groups attached to an aromatic ring is 1. The van der Waals surface area contributed by atoms with Crippen molar-refractivity contribution in [3.63, 3.8) is 0 Å². The summed E-state index contributed by atoms with van der Waals surface area (Å²) in [5, 5.41) is 2.67. The molecule has 5 aliphatic rings. The Balaban J connectivity index is 0.978. The van der Waals surface area contributed by atoms with Crippen molar-refractivity contribution in [2.24, 2.45) is 0 Å². The number of hydrogen-bond acceptors (Lipinski definition) is 11. The van der Waals surface area contributed by atoms with Crippen LogP contribution in [-0.4, -0.2) is 170 Å².